The van der Waals surface area contributed by atoms with Gasteiger partial charge in [0.05, 0.1) is 5.69 Å². The number of aliphatic imine (C=N–C) groups is 1. The minimum Gasteiger partial charge on any atom is -0.266 e. The van der Waals surface area contributed by atoms with Crippen LogP contribution in [0.4, 0.5) is 10.1 Å². The van der Waals surface area contributed by atoms with Crippen molar-refractivity contribution in [2.75, 3.05) is 4.90 Å². The summed E-state index contributed by atoms with van der Waals surface area (Å²) in [5, 5.41) is 0. The fourth-order valence-corrected chi connectivity index (χ4v) is 3.38. The van der Waals surface area contributed by atoms with E-state index in [9.17, 15) is 9.18 Å². The minimum absolute atomic E-state index is 0.257. The Balaban J connectivity index is 1.81. The first-order valence-corrected chi connectivity index (χ1v) is 10.0. The highest BCUT2D eigenvalue weighted by molar-refractivity contribution is 9.10. The van der Waals surface area contributed by atoms with E-state index in [1.54, 1.807) is 18.2 Å². The molecular weight excluding hydrogens is 487 g/mol. The van der Waals surface area contributed by atoms with Gasteiger partial charge in [-0.05, 0) is 60.2 Å². The molecule has 138 valence electrons. The van der Waals surface area contributed by atoms with Crippen LogP contribution in [-0.2, 0) is 4.79 Å². The number of carbonyl (C=O) groups excluding carboxylic acids is 1. The molecule has 0 atom stereocenters. The molecule has 0 N–H and O–H groups in total. The molecule has 6 heteroatoms. The molecule has 0 spiro atoms. The predicted octanol–water partition coefficient (Wildman–Crippen LogP) is 6.19. The van der Waals surface area contributed by atoms with Crippen LogP contribution < -0.4 is 4.90 Å². The second kappa shape index (κ2) is 7.81. The highest BCUT2D eigenvalue weighted by atomic mass is 79.9. The van der Waals surface area contributed by atoms with Gasteiger partial charge in [0.2, 0.25) is 0 Å². The molecule has 1 amide bonds. The quantitative estimate of drug-likeness (QED) is 0.396. The van der Waals surface area contributed by atoms with E-state index in [1.165, 1.54) is 17.0 Å². The van der Waals surface area contributed by atoms with Gasteiger partial charge in [0.1, 0.15) is 17.3 Å². The summed E-state index contributed by atoms with van der Waals surface area (Å²) >= 11 is 6.82. The first-order valence-electron chi connectivity index (χ1n) is 8.43. The average molecular weight is 500 g/mol. The van der Waals surface area contributed by atoms with Crippen LogP contribution in [0.5, 0.6) is 0 Å². The Hall–Kier alpha value is -2.57. The van der Waals surface area contributed by atoms with Crippen molar-refractivity contribution in [1.29, 1.82) is 0 Å². The molecule has 1 aliphatic heterocycles. The predicted molar refractivity (Wildman–Crippen MR) is 117 cm³/mol. The number of hydrogen-bond acceptors (Lipinski definition) is 2. The van der Waals surface area contributed by atoms with Crippen molar-refractivity contribution >= 4 is 55.4 Å². The summed E-state index contributed by atoms with van der Waals surface area (Å²) in [5.74, 6) is -0.108. The first kappa shape index (κ1) is 18.8. The lowest BCUT2D eigenvalue weighted by Gasteiger charge is -2.18. The monoisotopic (exact) mass is 498 g/mol. The van der Waals surface area contributed by atoms with E-state index in [1.807, 2.05) is 48.5 Å². The number of halogens is 3. The summed E-state index contributed by atoms with van der Waals surface area (Å²) in [5.41, 5.74) is 2.54. The molecular formula is C22H13Br2FN2O. The third-order valence-electron chi connectivity index (χ3n) is 4.22. The molecule has 0 fully saturated rings. The van der Waals surface area contributed by atoms with Gasteiger partial charge in [-0.2, -0.15) is 0 Å². The molecule has 3 aromatic carbocycles. The molecule has 4 rings (SSSR count). The summed E-state index contributed by atoms with van der Waals surface area (Å²) in [7, 11) is 0. The van der Waals surface area contributed by atoms with Crippen LogP contribution in [0, 0.1) is 5.82 Å². The van der Waals surface area contributed by atoms with E-state index in [-0.39, 0.29) is 11.7 Å². The second-order valence-electron chi connectivity index (χ2n) is 6.14. The van der Waals surface area contributed by atoms with Gasteiger partial charge in [-0.3, -0.25) is 9.69 Å². The van der Waals surface area contributed by atoms with E-state index < -0.39 is 0 Å². The first-order chi connectivity index (χ1) is 13.5. The van der Waals surface area contributed by atoms with Crippen LogP contribution >= 0.6 is 31.9 Å². The lowest BCUT2D eigenvalue weighted by Crippen LogP contribution is -2.32. The van der Waals surface area contributed by atoms with Gasteiger partial charge in [0, 0.05) is 14.5 Å². The van der Waals surface area contributed by atoms with E-state index in [0.717, 1.165) is 20.1 Å². The number of amidine groups is 1. The number of hydrogen-bond donors (Lipinski definition) is 0. The molecule has 0 saturated heterocycles. The third-order valence-corrected chi connectivity index (χ3v) is 5.28. The molecule has 1 heterocycles. The van der Waals surface area contributed by atoms with Gasteiger partial charge < -0.3 is 0 Å². The van der Waals surface area contributed by atoms with Crippen molar-refractivity contribution in [2.45, 2.75) is 0 Å². The third kappa shape index (κ3) is 3.84. The molecule has 0 aromatic heterocycles. The maximum atomic E-state index is 13.4. The number of benzene rings is 3. The maximum absolute atomic E-state index is 13.4. The zero-order valence-corrected chi connectivity index (χ0v) is 17.6. The van der Waals surface area contributed by atoms with E-state index in [4.69, 9.17) is 0 Å². The number of carbonyl (C=O) groups is 1. The topological polar surface area (TPSA) is 32.7 Å². The summed E-state index contributed by atoms with van der Waals surface area (Å²) in [6, 6.07) is 21.0. The second-order valence-corrected chi connectivity index (χ2v) is 7.97. The molecule has 0 bridgehead atoms. The zero-order chi connectivity index (χ0) is 19.7. The van der Waals surface area contributed by atoms with Crippen molar-refractivity contribution in [3.63, 3.8) is 0 Å². The van der Waals surface area contributed by atoms with Gasteiger partial charge in [-0.15, -0.1) is 0 Å². The van der Waals surface area contributed by atoms with Gasteiger partial charge in [-0.1, -0.05) is 56.1 Å². The van der Waals surface area contributed by atoms with E-state index in [0.29, 0.717) is 17.2 Å². The Bertz CT molecular complexity index is 1090. The Morgan fingerprint density at radius 3 is 2.00 bits per heavy atom. The molecule has 0 aliphatic carbocycles. The number of rotatable bonds is 3. The largest absolute Gasteiger partial charge is 0.282 e. The Kier molecular flexibility index (Phi) is 5.24. The van der Waals surface area contributed by atoms with Gasteiger partial charge in [0.15, 0.2) is 0 Å². The molecule has 0 unspecified atom stereocenters. The molecule has 3 aromatic rings. The lowest BCUT2D eigenvalue weighted by atomic mass is 10.1. The van der Waals surface area contributed by atoms with E-state index >= 15 is 0 Å². The minimum atomic E-state index is -0.358. The summed E-state index contributed by atoms with van der Waals surface area (Å²) in [6.07, 6.45) is 1.75. The number of nitrogens with zero attached hydrogens (tertiary/aromatic N) is 2. The van der Waals surface area contributed by atoms with Crippen molar-refractivity contribution < 1.29 is 9.18 Å². The van der Waals surface area contributed by atoms with Gasteiger partial charge in [0.25, 0.3) is 5.91 Å². The van der Waals surface area contributed by atoms with Gasteiger partial charge >= 0.3 is 0 Å². The van der Waals surface area contributed by atoms with Crippen LogP contribution in [-0.4, -0.2) is 11.7 Å². The van der Waals surface area contributed by atoms with Crippen molar-refractivity contribution in [3.05, 3.63) is 104 Å². The zero-order valence-electron chi connectivity index (χ0n) is 14.4. The van der Waals surface area contributed by atoms with Crippen molar-refractivity contribution in [1.82, 2.24) is 0 Å². The molecule has 0 saturated carbocycles. The fraction of sp³-hybridized carbons (Fsp3) is 0. The fourth-order valence-electron chi connectivity index (χ4n) is 2.86. The lowest BCUT2D eigenvalue weighted by molar-refractivity contribution is -0.113. The van der Waals surface area contributed by atoms with Gasteiger partial charge in [-0.25, -0.2) is 9.38 Å². The molecule has 1 aliphatic rings. The summed E-state index contributed by atoms with van der Waals surface area (Å²) in [6.45, 7) is 0. The standard InChI is InChI=1S/C22H13Br2FN2O/c23-16-5-1-14(2-6-16)13-20-22(28)27(19-11-9-18(25)10-12-19)21(26-20)15-3-7-17(24)8-4-15/h1-13H/b20-13+. The highest BCUT2D eigenvalue weighted by Gasteiger charge is 2.32. The Morgan fingerprint density at radius 1 is 0.821 bits per heavy atom. The van der Waals surface area contributed by atoms with Crippen LogP contribution in [0.1, 0.15) is 11.1 Å². The van der Waals surface area contributed by atoms with Crippen LogP contribution in [0.15, 0.2) is 92.4 Å². The maximum Gasteiger partial charge on any atom is 0.282 e. The average Bonchev–Trinajstić information content (AvgIpc) is 3.01. The number of amides is 1. The molecule has 0 radical (unpaired) electrons. The van der Waals surface area contributed by atoms with Crippen molar-refractivity contribution in [2.24, 2.45) is 4.99 Å². The van der Waals surface area contributed by atoms with Crippen LogP contribution in [0.3, 0.4) is 0 Å². The normalized spacial score (nSPS) is 15.2. The summed E-state index contributed by atoms with van der Waals surface area (Å²) in [4.78, 5) is 19.3. The highest BCUT2D eigenvalue weighted by Crippen LogP contribution is 2.28. The van der Waals surface area contributed by atoms with Crippen LogP contribution in [0.25, 0.3) is 6.08 Å². The Labute approximate surface area is 178 Å². The van der Waals surface area contributed by atoms with Crippen molar-refractivity contribution in [3.8, 4) is 0 Å². The SMILES string of the molecule is O=C1/C(=C\c2ccc(Br)cc2)N=C(c2ccc(Br)cc2)N1c1ccc(F)cc1. The molecule has 3 nitrogen and oxygen atoms in total. The summed E-state index contributed by atoms with van der Waals surface area (Å²) < 4.78 is 15.3. The number of anilines is 1. The van der Waals surface area contributed by atoms with Crippen LogP contribution in [0.2, 0.25) is 0 Å². The Morgan fingerprint density at radius 2 is 1.39 bits per heavy atom. The molecule has 28 heavy (non-hydrogen) atoms. The van der Waals surface area contributed by atoms with E-state index in [2.05, 4.69) is 36.9 Å². The smallest absolute Gasteiger partial charge is 0.266 e.